The van der Waals surface area contributed by atoms with E-state index in [-0.39, 0.29) is 0 Å². The van der Waals surface area contributed by atoms with Gasteiger partial charge in [-0.05, 0) is 74.0 Å². The molecular weight excluding hydrogens is 374 g/mol. The van der Waals surface area contributed by atoms with Crippen molar-refractivity contribution < 1.29 is 4.74 Å². The molecule has 0 amide bonds. The van der Waals surface area contributed by atoms with Crippen molar-refractivity contribution in [2.24, 2.45) is 20.5 Å². The van der Waals surface area contributed by atoms with Crippen LogP contribution in [-0.2, 0) is 4.74 Å². The quantitative estimate of drug-likeness (QED) is 0.435. The molecule has 4 rings (SSSR count). The van der Waals surface area contributed by atoms with Crippen LogP contribution in [0.5, 0.6) is 0 Å². The minimum atomic E-state index is 0.779. The summed E-state index contributed by atoms with van der Waals surface area (Å²) < 4.78 is 5.41. The second-order valence-electron chi connectivity index (χ2n) is 7.32. The van der Waals surface area contributed by atoms with Gasteiger partial charge < -0.3 is 9.64 Å². The van der Waals surface area contributed by atoms with E-state index in [9.17, 15) is 0 Å². The summed E-state index contributed by atoms with van der Waals surface area (Å²) in [6.07, 6.45) is 0. The predicted octanol–water partition coefficient (Wildman–Crippen LogP) is 6.97. The van der Waals surface area contributed by atoms with Crippen molar-refractivity contribution in [2.75, 3.05) is 31.2 Å². The highest BCUT2D eigenvalue weighted by Crippen LogP contribution is 2.28. The summed E-state index contributed by atoms with van der Waals surface area (Å²) in [4.78, 5) is 2.32. The van der Waals surface area contributed by atoms with Gasteiger partial charge in [0.15, 0.2) is 0 Å². The number of hydrogen-bond donors (Lipinski definition) is 0. The lowest BCUT2D eigenvalue weighted by atomic mass is 10.2. The molecule has 1 aliphatic rings. The lowest BCUT2D eigenvalue weighted by molar-refractivity contribution is 0.122. The molecule has 0 bridgehead atoms. The molecule has 30 heavy (non-hydrogen) atoms. The van der Waals surface area contributed by atoms with Gasteiger partial charge in [0.2, 0.25) is 0 Å². The van der Waals surface area contributed by atoms with Crippen molar-refractivity contribution in [3.63, 3.8) is 0 Å². The van der Waals surface area contributed by atoms with Crippen LogP contribution in [0, 0.1) is 13.8 Å². The first-order chi connectivity index (χ1) is 14.7. The Balaban J connectivity index is 1.41. The van der Waals surface area contributed by atoms with Crippen LogP contribution < -0.4 is 4.90 Å². The number of ether oxygens (including phenoxy) is 1. The molecule has 1 fully saturated rings. The van der Waals surface area contributed by atoms with Crippen molar-refractivity contribution in [2.45, 2.75) is 13.8 Å². The summed E-state index contributed by atoms with van der Waals surface area (Å²) >= 11 is 0. The predicted molar refractivity (Wildman–Crippen MR) is 120 cm³/mol. The fourth-order valence-electron chi connectivity index (χ4n) is 3.20. The van der Waals surface area contributed by atoms with Crippen LogP contribution >= 0.6 is 0 Å². The van der Waals surface area contributed by atoms with Gasteiger partial charge in [-0.2, -0.15) is 20.5 Å². The molecule has 0 spiro atoms. The summed E-state index contributed by atoms with van der Waals surface area (Å²) in [5, 5.41) is 17.4. The molecule has 3 aromatic rings. The van der Waals surface area contributed by atoms with Crippen LogP contribution in [0.4, 0.5) is 28.4 Å². The molecule has 152 valence electrons. The SMILES string of the molecule is Cc1ccc(/N=N/c2ccc(/N=N/c3ccc(N4CCOCC4)cc3)c(C)c2)cc1. The van der Waals surface area contributed by atoms with E-state index in [1.54, 1.807) is 0 Å². The highest BCUT2D eigenvalue weighted by Gasteiger charge is 2.10. The molecule has 0 unspecified atom stereocenters. The average Bonchev–Trinajstić information content (AvgIpc) is 2.79. The molecule has 0 N–H and O–H groups in total. The van der Waals surface area contributed by atoms with Gasteiger partial charge >= 0.3 is 0 Å². The van der Waals surface area contributed by atoms with Gasteiger partial charge in [-0.1, -0.05) is 17.7 Å². The zero-order valence-electron chi connectivity index (χ0n) is 17.3. The second-order valence-corrected chi connectivity index (χ2v) is 7.32. The van der Waals surface area contributed by atoms with Gasteiger partial charge in [0.25, 0.3) is 0 Å². The van der Waals surface area contributed by atoms with Crippen molar-refractivity contribution in [1.82, 2.24) is 0 Å². The normalized spacial score (nSPS) is 14.7. The molecular formula is C24H25N5O. The van der Waals surface area contributed by atoms with Gasteiger partial charge in [0.1, 0.15) is 0 Å². The van der Waals surface area contributed by atoms with Gasteiger partial charge in [-0.25, -0.2) is 0 Å². The van der Waals surface area contributed by atoms with Crippen molar-refractivity contribution in [3.8, 4) is 0 Å². The van der Waals surface area contributed by atoms with Gasteiger partial charge in [-0.15, -0.1) is 0 Å². The van der Waals surface area contributed by atoms with E-state index >= 15 is 0 Å². The van der Waals surface area contributed by atoms with E-state index in [0.29, 0.717) is 0 Å². The number of hydrogen-bond acceptors (Lipinski definition) is 6. The standard InChI is InChI=1S/C24H25N5O/c1-18-3-5-20(6-4-18)25-27-22-9-12-24(19(2)17-22)28-26-21-7-10-23(11-8-21)29-13-15-30-16-14-29/h3-12,17H,13-16H2,1-2H3/b27-25+,28-26+. The number of aryl methyl sites for hydroxylation is 2. The molecule has 0 aromatic heterocycles. The summed E-state index contributed by atoms with van der Waals surface area (Å²) in [5.74, 6) is 0. The third-order valence-electron chi connectivity index (χ3n) is 4.99. The molecule has 0 aliphatic carbocycles. The monoisotopic (exact) mass is 399 g/mol. The molecule has 0 atom stereocenters. The van der Waals surface area contributed by atoms with E-state index < -0.39 is 0 Å². The molecule has 0 radical (unpaired) electrons. The van der Waals surface area contributed by atoms with E-state index in [4.69, 9.17) is 4.74 Å². The van der Waals surface area contributed by atoms with Crippen LogP contribution in [0.1, 0.15) is 11.1 Å². The Kier molecular flexibility index (Phi) is 6.25. The Morgan fingerprint density at radius 1 is 0.667 bits per heavy atom. The van der Waals surface area contributed by atoms with Crippen LogP contribution in [0.2, 0.25) is 0 Å². The van der Waals surface area contributed by atoms with Crippen LogP contribution in [0.15, 0.2) is 87.2 Å². The van der Waals surface area contributed by atoms with Crippen LogP contribution in [-0.4, -0.2) is 26.3 Å². The topological polar surface area (TPSA) is 61.9 Å². The summed E-state index contributed by atoms with van der Waals surface area (Å²) in [6.45, 7) is 7.46. The first kappa shape index (κ1) is 19.9. The lowest BCUT2D eigenvalue weighted by Gasteiger charge is -2.28. The number of azo groups is 2. The number of nitrogens with zero attached hydrogens (tertiary/aromatic N) is 5. The van der Waals surface area contributed by atoms with E-state index in [2.05, 4.69) is 44.4 Å². The summed E-state index contributed by atoms with van der Waals surface area (Å²) in [7, 11) is 0. The third kappa shape index (κ3) is 5.15. The Labute approximate surface area is 176 Å². The van der Waals surface area contributed by atoms with Gasteiger partial charge in [-0.3, -0.25) is 0 Å². The molecule has 6 heteroatoms. The molecule has 6 nitrogen and oxygen atoms in total. The first-order valence-corrected chi connectivity index (χ1v) is 10.1. The van der Waals surface area contributed by atoms with E-state index in [1.807, 2.05) is 61.5 Å². The minimum absolute atomic E-state index is 0.779. The largest absolute Gasteiger partial charge is 0.378 e. The summed E-state index contributed by atoms with van der Waals surface area (Å²) in [5.41, 5.74) is 6.68. The smallest absolute Gasteiger partial charge is 0.0887 e. The van der Waals surface area contributed by atoms with Crippen molar-refractivity contribution >= 4 is 28.4 Å². The Morgan fingerprint density at radius 3 is 1.90 bits per heavy atom. The number of anilines is 1. The maximum absolute atomic E-state index is 5.41. The summed E-state index contributed by atoms with van der Waals surface area (Å²) in [6, 6.07) is 21.9. The molecule has 0 saturated carbocycles. The molecule has 1 saturated heterocycles. The average molecular weight is 399 g/mol. The lowest BCUT2D eigenvalue weighted by Crippen LogP contribution is -2.36. The molecule has 1 heterocycles. The molecule has 1 aliphatic heterocycles. The fraction of sp³-hybridized carbons (Fsp3) is 0.250. The maximum Gasteiger partial charge on any atom is 0.0887 e. The van der Waals surface area contributed by atoms with E-state index in [1.165, 1.54) is 11.3 Å². The Bertz CT molecular complexity index is 1040. The Hall–Kier alpha value is -3.38. The minimum Gasteiger partial charge on any atom is -0.378 e. The Morgan fingerprint density at radius 2 is 1.23 bits per heavy atom. The van der Waals surface area contributed by atoms with Gasteiger partial charge in [0.05, 0.1) is 36.0 Å². The van der Waals surface area contributed by atoms with E-state index in [0.717, 1.165) is 54.6 Å². The highest BCUT2D eigenvalue weighted by atomic mass is 16.5. The van der Waals surface area contributed by atoms with Crippen molar-refractivity contribution in [3.05, 3.63) is 77.9 Å². The second kappa shape index (κ2) is 9.41. The maximum atomic E-state index is 5.41. The van der Waals surface area contributed by atoms with Crippen LogP contribution in [0.25, 0.3) is 0 Å². The first-order valence-electron chi connectivity index (χ1n) is 10.1. The highest BCUT2D eigenvalue weighted by molar-refractivity contribution is 5.55. The zero-order chi connectivity index (χ0) is 20.8. The number of benzene rings is 3. The zero-order valence-corrected chi connectivity index (χ0v) is 17.3. The van der Waals surface area contributed by atoms with Crippen LogP contribution in [0.3, 0.4) is 0 Å². The number of rotatable bonds is 5. The number of morpholine rings is 1. The molecule has 3 aromatic carbocycles. The van der Waals surface area contributed by atoms with Crippen molar-refractivity contribution in [1.29, 1.82) is 0 Å². The third-order valence-corrected chi connectivity index (χ3v) is 4.99. The fourth-order valence-corrected chi connectivity index (χ4v) is 3.20. The van der Waals surface area contributed by atoms with Gasteiger partial charge in [0, 0.05) is 18.8 Å².